The van der Waals surface area contributed by atoms with Crippen LogP contribution >= 0.6 is 0 Å². The zero-order chi connectivity index (χ0) is 10.8. The molecule has 1 atom stereocenters. The Morgan fingerprint density at radius 2 is 2.20 bits per heavy atom. The molecule has 0 aromatic rings. The molecule has 0 aromatic heterocycles. The number of hydrogen-bond acceptors (Lipinski definition) is 3. The van der Waals surface area contributed by atoms with Crippen LogP contribution in [-0.2, 0) is 9.53 Å². The minimum absolute atomic E-state index is 0.0955. The van der Waals surface area contributed by atoms with Crippen LogP contribution < -0.4 is 5.32 Å². The molecule has 0 radical (unpaired) electrons. The maximum absolute atomic E-state index is 11.7. The zero-order valence-corrected chi connectivity index (χ0v) is 9.53. The molecule has 2 rings (SSSR count). The van der Waals surface area contributed by atoms with Gasteiger partial charge in [0.2, 0.25) is 5.91 Å². The second-order valence-electron chi connectivity index (χ2n) is 4.81. The Hall–Kier alpha value is -0.610. The van der Waals surface area contributed by atoms with E-state index in [2.05, 4.69) is 24.1 Å². The highest BCUT2D eigenvalue weighted by atomic mass is 16.5. The molecule has 4 nitrogen and oxygen atoms in total. The summed E-state index contributed by atoms with van der Waals surface area (Å²) in [5, 5.41) is 3.08. The number of hydrogen-bond donors (Lipinski definition) is 1. The topological polar surface area (TPSA) is 41.6 Å². The van der Waals surface area contributed by atoms with Crippen molar-refractivity contribution >= 4 is 5.91 Å². The third-order valence-corrected chi connectivity index (χ3v) is 3.29. The van der Waals surface area contributed by atoms with Gasteiger partial charge in [-0.25, -0.2) is 0 Å². The lowest BCUT2D eigenvalue weighted by molar-refractivity contribution is -0.127. The Morgan fingerprint density at radius 3 is 2.73 bits per heavy atom. The van der Waals surface area contributed by atoms with Gasteiger partial charge >= 0.3 is 0 Å². The SMILES string of the molecule is CC(C)N1CC(NC(=O)C2CCOC2)C1. The maximum Gasteiger partial charge on any atom is 0.225 e. The van der Waals surface area contributed by atoms with E-state index in [0.717, 1.165) is 26.1 Å². The first-order chi connectivity index (χ1) is 7.16. The highest BCUT2D eigenvalue weighted by Gasteiger charge is 2.32. The van der Waals surface area contributed by atoms with Crippen molar-refractivity contribution in [3.8, 4) is 0 Å². The molecule has 1 unspecified atom stereocenters. The fourth-order valence-electron chi connectivity index (χ4n) is 2.09. The average Bonchev–Trinajstić information content (AvgIpc) is 2.61. The number of ether oxygens (including phenoxy) is 1. The highest BCUT2D eigenvalue weighted by Crippen LogP contribution is 2.15. The predicted molar refractivity (Wildman–Crippen MR) is 57.6 cm³/mol. The number of amides is 1. The maximum atomic E-state index is 11.7. The van der Waals surface area contributed by atoms with Gasteiger partial charge in [0.15, 0.2) is 0 Å². The van der Waals surface area contributed by atoms with Gasteiger partial charge in [-0.3, -0.25) is 9.69 Å². The summed E-state index contributed by atoms with van der Waals surface area (Å²) in [5.41, 5.74) is 0. The molecular formula is C11H20N2O2. The quantitative estimate of drug-likeness (QED) is 0.728. The number of nitrogens with zero attached hydrogens (tertiary/aromatic N) is 1. The van der Waals surface area contributed by atoms with Gasteiger partial charge in [0, 0.05) is 25.7 Å². The van der Waals surface area contributed by atoms with Crippen molar-refractivity contribution in [1.29, 1.82) is 0 Å². The Kier molecular flexibility index (Phi) is 3.26. The first-order valence-electron chi connectivity index (χ1n) is 5.79. The Morgan fingerprint density at radius 1 is 1.47 bits per heavy atom. The molecule has 2 heterocycles. The summed E-state index contributed by atoms with van der Waals surface area (Å²) in [6.07, 6.45) is 0.881. The number of carbonyl (C=O) groups excluding carboxylic acids is 1. The minimum Gasteiger partial charge on any atom is -0.381 e. The fraction of sp³-hybridized carbons (Fsp3) is 0.909. The van der Waals surface area contributed by atoms with Gasteiger partial charge in [0.25, 0.3) is 0 Å². The molecule has 1 N–H and O–H groups in total. The fourth-order valence-corrected chi connectivity index (χ4v) is 2.09. The second kappa shape index (κ2) is 4.49. The summed E-state index contributed by atoms with van der Waals surface area (Å²) < 4.78 is 5.20. The van der Waals surface area contributed by atoms with Gasteiger partial charge in [-0.15, -0.1) is 0 Å². The lowest BCUT2D eigenvalue weighted by Gasteiger charge is -2.42. The van der Waals surface area contributed by atoms with E-state index in [9.17, 15) is 4.79 Å². The van der Waals surface area contributed by atoms with Gasteiger partial charge < -0.3 is 10.1 Å². The molecule has 0 bridgehead atoms. The van der Waals surface area contributed by atoms with Gasteiger partial charge in [-0.05, 0) is 20.3 Å². The molecule has 0 saturated carbocycles. The molecule has 0 aromatic carbocycles. The monoisotopic (exact) mass is 212 g/mol. The van der Waals surface area contributed by atoms with E-state index in [0.29, 0.717) is 18.7 Å². The zero-order valence-electron chi connectivity index (χ0n) is 9.53. The van der Waals surface area contributed by atoms with E-state index < -0.39 is 0 Å². The van der Waals surface area contributed by atoms with Gasteiger partial charge in [0.1, 0.15) is 0 Å². The van der Waals surface area contributed by atoms with Gasteiger partial charge in [0.05, 0.1) is 18.6 Å². The van der Waals surface area contributed by atoms with E-state index in [1.807, 2.05) is 0 Å². The molecule has 4 heteroatoms. The Bertz CT molecular complexity index is 231. The first-order valence-corrected chi connectivity index (χ1v) is 5.79. The smallest absolute Gasteiger partial charge is 0.225 e. The van der Waals surface area contributed by atoms with Crippen molar-refractivity contribution in [3.63, 3.8) is 0 Å². The van der Waals surface area contributed by atoms with E-state index in [1.165, 1.54) is 0 Å². The van der Waals surface area contributed by atoms with Crippen LogP contribution in [0.1, 0.15) is 20.3 Å². The Balaban J connectivity index is 1.68. The Labute approximate surface area is 91.0 Å². The first kappa shape index (κ1) is 10.9. The van der Waals surface area contributed by atoms with Crippen LogP contribution in [0.4, 0.5) is 0 Å². The molecule has 2 saturated heterocycles. The largest absolute Gasteiger partial charge is 0.381 e. The molecule has 2 aliphatic rings. The second-order valence-corrected chi connectivity index (χ2v) is 4.81. The summed E-state index contributed by atoms with van der Waals surface area (Å²) in [7, 11) is 0. The number of rotatable bonds is 3. The number of nitrogens with one attached hydrogen (secondary N) is 1. The average molecular weight is 212 g/mol. The van der Waals surface area contributed by atoms with Crippen LogP contribution in [0.2, 0.25) is 0 Å². The summed E-state index contributed by atoms with van der Waals surface area (Å²) in [5.74, 6) is 0.277. The number of carbonyl (C=O) groups is 1. The molecule has 86 valence electrons. The molecule has 15 heavy (non-hydrogen) atoms. The van der Waals surface area contributed by atoms with Crippen molar-refractivity contribution < 1.29 is 9.53 Å². The summed E-state index contributed by atoms with van der Waals surface area (Å²) in [4.78, 5) is 14.1. The summed E-state index contributed by atoms with van der Waals surface area (Å²) in [6, 6.07) is 0.952. The van der Waals surface area contributed by atoms with Crippen LogP contribution in [0, 0.1) is 5.92 Å². The van der Waals surface area contributed by atoms with E-state index >= 15 is 0 Å². The molecular weight excluding hydrogens is 192 g/mol. The summed E-state index contributed by atoms with van der Waals surface area (Å²) in [6.45, 7) is 7.70. The molecule has 0 spiro atoms. The van der Waals surface area contributed by atoms with Gasteiger partial charge in [-0.2, -0.15) is 0 Å². The molecule has 2 aliphatic heterocycles. The van der Waals surface area contributed by atoms with Crippen LogP contribution in [0.25, 0.3) is 0 Å². The summed E-state index contributed by atoms with van der Waals surface area (Å²) >= 11 is 0. The van der Waals surface area contributed by atoms with Crippen LogP contribution in [0.15, 0.2) is 0 Å². The third kappa shape index (κ3) is 2.49. The molecule has 2 fully saturated rings. The van der Waals surface area contributed by atoms with Crippen molar-refractivity contribution in [2.24, 2.45) is 5.92 Å². The van der Waals surface area contributed by atoms with Crippen LogP contribution in [-0.4, -0.2) is 49.2 Å². The van der Waals surface area contributed by atoms with E-state index in [1.54, 1.807) is 0 Å². The predicted octanol–water partition coefficient (Wildman–Crippen LogP) is 0.232. The minimum atomic E-state index is 0.0955. The van der Waals surface area contributed by atoms with Crippen molar-refractivity contribution in [2.45, 2.75) is 32.4 Å². The lowest BCUT2D eigenvalue weighted by Crippen LogP contribution is -2.61. The molecule has 0 aliphatic carbocycles. The van der Waals surface area contributed by atoms with Gasteiger partial charge in [-0.1, -0.05) is 0 Å². The molecule has 1 amide bonds. The van der Waals surface area contributed by atoms with Crippen molar-refractivity contribution in [1.82, 2.24) is 10.2 Å². The van der Waals surface area contributed by atoms with Crippen LogP contribution in [0.5, 0.6) is 0 Å². The van der Waals surface area contributed by atoms with Crippen molar-refractivity contribution in [2.75, 3.05) is 26.3 Å². The van der Waals surface area contributed by atoms with Crippen molar-refractivity contribution in [3.05, 3.63) is 0 Å². The number of likely N-dealkylation sites (tertiary alicyclic amines) is 1. The third-order valence-electron chi connectivity index (χ3n) is 3.29. The highest BCUT2D eigenvalue weighted by molar-refractivity contribution is 5.79. The van der Waals surface area contributed by atoms with Crippen LogP contribution in [0.3, 0.4) is 0 Å². The van der Waals surface area contributed by atoms with E-state index in [4.69, 9.17) is 4.74 Å². The standard InChI is InChI=1S/C11H20N2O2/c1-8(2)13-5-10(6-13)12-11(14)9-3-4-15-7-9/h8-10H,3-7H2,1-2H3,(H,12,14). The normalized spacial score (nSPS) is 28.1. The van der Waals surface area contributed by atoms with E-state index in [-0.39, 0.29) is 11.8 Å². The lowest BCUT2D eigenvalue weighted by atomic mass is 10.0.